The third-order valence-electron chi connectivity index (χ3n) is 3.96. The summed E-state index contributed by atoms with van der Waals surface area (Å²) in [5.41, 5.74) is 1.77. The highest BCUT2D eigenvalue weighted by atomic mass is 19.1. The van der Waals surface area contributed by atoms with Crippen LogP contribution in [0.2, 0.25) is 0 Å². The SMILES string of the molecule is Cc1ccc(OC(C)C(=O)N2CCc3c(F)cc(F)cc32)cc1. The molecule has 120 valence electrons. The Labute approximate surface area is 133 Å². The molecular formula is C18H17F2NO2. The van der Waals surface area contributed by atoms with Gasteiger partial charge in [0.05, 0.1) is 5.69 Å². The summed E-state index contributed by atoms with van der Waals surface area (Å²) in [5, 5.41) is 0. The van der Waals surface area contributed by atoms with Gasteiger partial charge < -0.3 is 9.64 Å². The number of hydrogen-bond donors (Lipinski definition) is 0. The third-order valence-corrected chi connectivity index (χ3v) is 3.96. The van der Waals surface area contributed by atoms with Gasteiger partial charge in [0, 0.05) is 18.2 Å². The lowest BCUT2D eigenvalue weighted by molar-refractivity contribution is -0.124. The number of hydrogen-bond acceptors (Lipinski definition) is 2. The Morgan fingerprint density at radius 1 is 1.22 bits per heavy atom. The van der Waals surface area contributed by atoms with Crippen LogP contribution in [0.25, 0.3) is 0 Å². The predicted octanol–water partition coefficient (Wildman–Crippen LogP) is 3.63. The lowest BCUT2D eigenvalue weighted by Gasteiger charge is -2.22. The van der Waals surface area contributed by atoms with Crippen LogP contribution in [0.1, 0.15) is 18.1 Å². The topological polar surface area (TPSA) is 29.5 Å². The van der Waals surface area contributed by atoms with Crippen molar-refractivity contribution in [2.75, 3.05) is 11.4 Å². The Balaban J connectivity index is 1.78. The Kier molecular flexibility index (Phi) is 4.03. The first kappa shape index (κ1) is 15.5. The molecule has 0 spiro atoms. The molecule has 2 aromatic rings. The van der Waals surface area contributed by atoms with Gasteiger partial charge in [-0.1, -0.05) is 17.7 Å². The van der Waals surface area contributed by atoms with Crippen LogP contribution in [0, 0.1) is 18.6 Å². The second-order valence-corrected chi connectivity index (χ2v) is 5.70. The second kappa shape index (κ2) is 5.99. The number of nitrogens with zero attached hydrogens (tertiary/aromatic N) is 1. The zero-order chi connectivity index (χ0) is 16.6. The Bertz CT molecular complexity index is 743. The molecule has 1 unspecified atom stereocenters. The van der Waals surface area contributed by atoms with Gasteiger partial charge in [0.25, 0.3) is 5.91 Å². The van der Waals surface area contributed by atoms with Crippen molar-refractivity contribution in [3.05, 3.63) is 59.2 Å². The zero-order valence-corrected chi connectivity index (χ0v) is 13.0. The number of aryl methyl sites for hydroxylation is 1. The quantitative estimate of drug-likeness (QED) is 0.865. The average molecular weight is 317 g/mol. The van der Waals surface area contributed by atoms with E-state index in [-0.39, 0.29) is 5.91 Å². The maximum Gasteiger partial charge on any atom is 0.267 e. The lowest BCUT2D eigenvalue weighted by Crippen LogP contribution is -2.39. The molecule has 2 aromatic carbocycles. The summed E-state index contributed by atoms with van der Waals surface area (Å²) in [4.78, 5) is 13.9. The van der Waals surface area contributed by atoms with Crippen LogP contribution in [0.3, 0.4) is 0 Å². The van der Waals surface area contributed by atoms with Gasteiger partial charge in [-0.3, -0.25) is 4.79 Å². The van der Waals surface area contributed by atoms with Gasteiger partial charge in [0.1, 0.15) is 17.4 Å². The molecule has 23 heavy (non-hydrogen) atoms. The number of rotatable bonds is 3. The average Bonchev–Trinajstić information content (AvgIpc) is 2.92. The molecule has 1 heterocycles. The van der Waals surface area contributed by atoms with E-state index in [0.29, 0.717) is 30.0 Å². The maximum atomic E-state index is 13.8. The molecule has 0 aliphatic carbocycles. The monoisotopic (exact) mass is 317 g/mol. The largest absolute Gasteiger partial charge is 0.481 e. The van der Waals surface area contributed by atoms with Crippen LogP contribution in [0.5, 0.6) is 5.75 Å². The minimum Gasteiger partial charge on any atom is -0.481 e. The molecule has 0 radical (unpaired) electrons. The van der Waals surface area contributed by atoms with Crippen LogP contribution >= 0.6 is 0 Å². The highest BCUT2D eigenvalue weighted by Crippen LogP contribution is 2.32. The van der Waals surface area contributed by atoms with Crippen molar-refractivity contribution in [2.24, 2.45) is 0 Å². The summed E-state index contributed by atoms with van der Waals surface area (Å²) in [5.74, 6) is -1.02. The lowest BCUT2D eigenvalue weighted by atomic mass is 10.1. The fourth-order valence-electron chi connectivity index (χ4n) is 2.74. The van der Waals surface area contributed by atoms with Crippen molar-refractivity contribution < 1.29 is 18.3 Å². The van der Waals surface area contributed by atoms with Gasteiger partial charge in [-0.15, -0.1) is 0 Å². The van der Waals surface area contributed by atoms with Crippen molar-refractivity contribution in [3.63, 3.8) is 0 Å². The molecule has 1 atom stereocenters. The van der Waals surface area contributed by atoms with Crippen LogP contribution in [0.15, 0.2) is 36.4 Å². The summed E-state index contributed by atoms with van der Waals surface area (Å²) >= 11 is 0. The van der Waals surface area contributed by atoms with Crippen molar-refractivity contribution in [1.29, 1.82) is 0 Å². The molecule has 0 fully saturated rings. The van der Waals surface area contributed by atoms with Gasteiger partial charge in [0.2, 0.25) is 0 Å². The fraction of sp³-hybridized carbons (Fsp3) is 0.278. The molecular weight excluding hydrogens is 300 g/mol. The van der Waals surface area contributed by atoms with Crippen LogP contribution in [0.4, 0.5) is 14.5 Å². The number of benzene rings is 2. The van der Waals surface area contributed by atoms with Gasteiger partial charge in [-0.25, -0.2) is 8.78 Å². The summed E-state index contributed by atoms with van der Waals surface area (Å²) in [6.07, 6.45) is -0.361. The van der Waals surface area contributed by atoms with Gasteiger partial charge in [0.15, 0.2) is 6.10 Å². The Morgan fingerprint density at radius 2 is 1.91 bits per heavy atom. The number of anilines is 1. The second-order valence-electron chi connectivity index (χ2n) is 5.70. The third kappa shape index (κ3) is 3.04. The summed E-state index contributed by atoms with van der Waals surface area (Å²) in [7, 11) is 0. The molecule has 3 nitrogen and oxygen atoms in total. The van der Waals surface area contributed by atoms with Gasteiger partial charge >= 0.3 is 0 Å². The number of halogens is 2. The fourth-order valence-corrected chi connectivity index (χ4v) is 2.74. The van der Waals surface area contributed by atoms with E-state index in [1.807, 2.05) is 19.1 Å². The molecule has 1 aliphatic rings. The molecule has 0 aromatic heterocycles. The maximum absolute atomic E-state index is 13.8. The number of ether oxygens (including phenoxy) is 1. The Hall–Kier alpha value is -2.43. The minimum absolute atomic E-state index is 0.298. The normalized spacial score (nSPS) is 14.5. The van der Waals surface area contributed by atoms with E-state index in [2.05, 4.69) is 0 Å². The number of carbonyl (C=O) groups is 1. The van der Waals surface area contributed by atoms with E-state index in [9.17, 15) is 13.6 Å². The van der Waals surface area contributed by atoms with Crippen molar-refractivity contribution >= 4 is 11.6 Å². The predicted molar refractivity (Wildman–Crippen MR) is 83.7 cm³/mol. The first-order valence-electron chi connectivity index (χ1n) is 7.48. The zero-order valence-electron chi connectivity index (χ0n) is 13.0. The first-order valence-corrected chi connectivity index (χ1v) is 7.48. The van der Waals surface area contributed by atoms with E-state index in [1.165, 1.54) is 11.0 Å². The van der Waals surface area contributed by atoms with Crippen molar-refractivity contribution in [1.82, 2.24) is 0 Å². The summed E-state index contributed by atoms with van der Waals surface area (Å²) in [6.45, 7) is 3.93. The standard InChI is InChI=1S/C18H17F2NO2/c1-11-3-5-14(6-4-11)23-12(2)18(22)21-8-7-15-16(20)9-13(19)10-17(15)21/h3-6,9-10,12H,7-8H2,1-2H3. The Morgan fingerprint density at radius 3 is 2.61 bits per heavy atom. The summed E-state index contributed by atoms with van der Waals surface area (Å²) in [6, 6.07) is 9.40. The van der Waals surface area contributed by atoms with E-state index < -0.39 is 17.7 Å². The molecule has 1 aliphatic heterocycles. The molecule has 1 amide bonds. The van der Waals surface area contributed by atoms with Crippen LogP contribution < -0.4 is 9.64 Å². The van der Waals surface area contributed by atoms with Crippen LogP contribution in [-0.2, 0) is 11.2 Å². The van der Waals surface area contributed by atoms with Crippen molar-refractivity contribution in [3.8, 4) is 5.75 Å². The minimum atomic E-state index is -0.741. The number of carbonyl (C=O) groups excluding carboxylic acids is 1. The van der Waals surface area contributed by atoms with E-state index in [4.69, 9.17) is 4.74 Å². The molecule has 0 saturated heterocycles. The van der Waals surface area contributed by atoms with Gasteiger partial charge in [-0.05, 0) is 38.5 Å². The number of fused-ring (bicyclic) bond motifs is 1. The highest BCUT2D eigenvalue weighted by molar-refractivity contribution is 5.98. The summed E-state index contributed by atoms with van der Waals surface area (Å²) < 4.78 is 32.8. The number of amides is 1. The highest BCUT2D eigenvalue weighted by Gasteiger charge is 2.31. The first-order chi connectivity index (χ1) is 11.0. The molecule has 3 rings (SSSR count). The van der Waals surface area contributed by atoms with Crippen LogP contribution in [-0.4, -0.2) is 18.6 Å². The van der Waals surface area contributed by atoms with E-state index in [0.717, 1.165) is 11.6 Å². The van der Waals surface area contributed by atoms with Gasteiger partial charge in [-0.2, -0.15) is 0 Å². The molecule has 0 bridgehead atoms. The van der Waals surface area contributed by atoms with E-state index in [1.54, 1.807) is 19.1 Å². The molecule has 0 N–H and O–H groups in total. The smallest absolute Gasteiger partial charge is 0.267 e. The van der Waals surface area contributed by atoms with Crippen molar-refractivity contribution in [2.45, 2.75) is 26.4 Å². The van der Waals surface area contributed by atoms with E-state index >= 15 is 0 Å². The molecule has 5 heteroatoms. The molecule has 0 saturated carbocycles.